The minimum absolute atomic E-state index is 0.620. The second-order valence-corrected chi connectivity index (χ2v) is 26.1. The first kappa shape index (κ1) is 57.5. The van der Waals surface area contributed by atoms with Crippen LogP contribution in [0.15, 0.2) is 0 Å². The molecule has 384 valence electrons. The lowest BCUT2D eigenvalue weighted by molar-refractivity contribution is -0.936. The lowest BCUT2D eigenvalue weighted by Crippen LogP contribution is -2.60. The zero-order valence-corrected chi connectivity index (χ0v) is 46.6. The third-order valence-corrected chi connectivity index (χ3v) is 20.8. The van der Waals surface area contributed by atoms with E-state index in [0.29, 0.717) is 10.8 Å². The standard InChI is InChI=1S/C64H124N/c1-9-11-13-15-17-19-21-23-25-27-29-31-33-35-37-39-52-65(8,53-40-38-36-34-32-30-28-26-24-22-20-18-16-14-12-10-2)58-48-50-63(6)57(54-58)44-45-59-61-47-46-60(56(5)43-41-42-55(3)4)64(61,7)51-49-62(59)63/h55-62H,9-54H2,1-8H3/q+1/t56-,57?,58+,59+,60-,61+,62+,63+,64-/m1/s1. The first-order valence-corrected chi connectivity index (χ1v) is 31.4. The summed E-state index contributed by atoms with van der Waals surface area (Å²) in [6.07, 6.45) is 65.6. The Kier molecular flexibility index (Phi) is 29.0. The van der Waals surface area contributed by atoms with Crippen molar-refractivity contribution in [2.75, 3.05) is 20.1 Å². The molecule has 4 fully saturated rings. The Bertz CT molecular complexity index is 1100. The normalized spacial score (nSPS) is 28.4. The summed E-state index contributed by atoms with van der Waals surface area (Å²) in [4.78, 5) is 0. The molecule has 0 bridgehead atoms. The molecule has 9 atom stereocenters. The maximum Gasteiger partial charge on any atom is 0.0891 e. The number of quaternary nitrogens is 1. The zero-order chi connectivity index (χ0) is 46.6. The number of hydrogen-bond donors (Lipinski definition) is 0. The van der Waals surface area contributed by atoms with Gasteiger partial charge >= 0.3 is 0 Å². The molecule has 4 saturated carbocycles. The Morgan fingerprint density at radius 1 is 0.415 bits per heavy atom. The number of rotatable bonds is 40. The van der Waals surface area contributed by atoms with Gasteiger partial charge in [-0.05, 0) is 129 Å². The van der Waals surface area contributed by atoms with Crippen LogP contribution >= 0.6 is 0 Å². The minimum Gasteiger partial charge on any atom is -0.324 e. The lowest BCUT2D eigenvalue weighted by atomic mass is 9.44. The molecular weight excluding hydrogens is 783 g/mol. The van der Waals surface area contributed by atoms with Crippen LogP contribution in [0.2, 0.25) is 0 Å². The summed E-state index contributed by atoms with van der Waals surface area (Å²) in [5.41, 5.74) is 1.25. The van der Waals surface area contributed by atoms with Crippen LogP contribution < -0.4 is 0 Å². The molecular formula is C64H124N+. The SMILES string of the molecule is CCCCCCCCCCCCCCCCCC[N+](C)(CCCCCCCCCCCCCCCCCC)[C@H]1CC[C@@]2(C)C(CC[C@H]3[C@@H]4CC[C@H]([C@H](C)CCCC(C)C)[C@@]4(C)CC[C@@H]32)C1. The lowest BCUT2D eigenvalue weighted by Gasteiger charge is -2.62. The van der Waals surface area contributed by atoms with Crippen molar-refractivity contribution < 1.29 is 4.48 Å². The first-order chi connectivity index (χ1) is 31.6. The number of hydrogen-bond acceptors (Lipinski definition) is 0. The molecule has 4 aliphatic rings. The highest BCUT2D eigenvalue weighted by atomic mass is 15.4. The van der Waals surface area contributed by atoms with Crippen molar-refractivity contribution in [3.63, 3.8) is 0 Å². The summed E-state index contributed by atoms with van der Waals surface area (Å²) in [7, 11) is 2.78. The van der Waals surface area contributed by atoms with Crippen molar-refractivity contribution >= 4 is 0 Å². The van der Waals surface area contributed by atoms with Gasteiger partial charge in [0, 0.05) is 6.42 Å². The molecule has 1 nitrogen and oxygen atoms in total. The van der Waals surface area contributed by atoms with Crippen LogP contribution in [-0.4, -0.2) is 30.7 Å². The van der Waals surface area contributed by atoms with E-state index in [2.05, 4.69) is 55.5 Å². The summed E-state index contributed by atoms with van der Waals surface area (Å²) < 4.78 is 1.43. The van der Waals surface area contributed by atoms with E-state index in [0.717, 1.165) is 47.5 Å². The highest BCUT2D eigenvalue weighted by Gasteiger charge is 2.61. The van der Waals surface area contributed by atoms with E-state index < -0.39 is 0 Å². The number of unbranched alkanes of at least 4 members (excludes halogenated alkanes) is 30. The van der Waals surface area contributed by atoms with Crippen LogP contribution in [0.25, 0.3) is 0 Å². The molecule has 0 aliphatic heterocycles. The largest absolute Gasteiger partial charge is 0.324 e. The first-order valence-electron chi connectivity index (χ1n) is 31.4. The predicted molar refractivity (Wildman–Crippen MR) is 292 cm³/mol. The third kappa shape index (κ3) is 19.6. The van der Waals surface area contributed by atoms with Crippen molar-refractivity contribution in [3.8, 4) is 0 Å². The molecule has 0 spiro atoms. The highest BCUT2D eigenvalue weighted by molar-refractivity contribution is 5.10. The van der Waals surface area contributed by atoms with E-state index in [4.69, 9.17) is 0 Å². The van der Waals surface area contributed by atoms with Gasteiger partial charge in [0.25, 0.3) is 0 Å². The third-order valence-electron chi connectivity index (χ3n) is 20.8. The molecule has 0 amide bonds. The Morgan fingerprint density at radius 3 is 1.25 bits per heavy atom. The van der Waals surface area contributed by atoms with E-state index in [1.54, 1.807) is 51.4 Å². The Labute approximate surface area is 412 Å². The quantitative estimate of drug-likeness (QED) is 0.0425. The molecule has 0 aromatic carbocycles. The fourth-order valence-electron chi connectivity index (χ4n) is 16.3. The molecule has 0 N–H and O–H groups in total. The molecule has 0 aromatic rings. The molecule has 4 rings (SSSR count). The summed E-state index contributed by atoms with van der Waals surface area (Å²) in [6.45, 7) is 20.8. The Morgan fingerprint density at radius 2 is 0.815 bits per heavy atom. The van der Waals surface area contributed by atoms with Crippen molar-refractivity contribution in [3.05, 3.63) is 0 Å². The van der Waals surface area contributed by atoms with Crippen molar-refractivity contribution in [1.29, 1.82) is 0 Å². The summed E-state index contributed by atoms with van der Waals surface area (Å²) in [6, 6.07) is 0.925. The van der Waals surface area contributed by atoms with Gasteiger partial charge in [0.2, 0.25) is 0 Å². The van der Waals surface area contributed by atoms with Crippen molar-refractivity contribution in [1.82, 2.24) is 0 Å². The minimum atomic E-state index is 0.620. The molecule has 0 aromatic heterocycles. The second kappa shape index (κ2) is 32.8. The van der Waals surface area contributed by atoms with E-state index in [1.165, 1.54) is 249 Å². The summed E-state index contributed by atoms with van der Waals surface area (Å²) >= 11 is 0. The van der Waals surface area contributed by atoms with Crippen LogP contribution in [0.4, 0.5) is 0 Å². The van der Waals surface area contributed by atoms with Gasteiger partial charge in [-0.3, -0.25) is 0 Å². The van der Waals surface area contributed by atoms with E-state index in [1.807, 2.05) is 0 Å². The average molecular weight is 908 g/mol. The maximum atomic E-state index is 2.86. The van der Waals surface area contributed by atoms with E-state index >= 15 is 0 Å². The molecule has 1 heteroatoms. The number of fused-ring (bicyclic) bond motifs is 5. The van der Waals surface area contributed by atoms with Crippen LogP contribution in [-0.2, 0) is 0 Å². The van der Waals surface area contributed by atoms with Gasteiger partial charge in [0.15, 0.2) is 0 Å². The fraction of sp³-hybridized carbons (Fsp3) is 1.00. The maximum absolute atomic E-state index is 2.86. The Balaban J connectivity index is 1.20. The average Bonchev–Trinajstić information content (AvgIpc) is 3.65. The van der Waals surface area contributed by atoms with Gasteiger partial charge in [-0.2, -0.15) is 0 Å². The monoisotopic (exact) mass is 907 g/mol. The molecule has 0 heterocycles. The van der Waals surface area contributed by atoms with Gasteiger partial charge in [0.05, 0.1) is 26.2 Å². The predicted octanol–water partition coefficient (Wildman–Crippen LogP) is 21.4. The van der Waals surface area contributed by atoms with Crippen LogP contribution in [0.5, 0.6) is 0 Å². The van der Waals surface area contributed by atoms with E-state index in [9.17, 15) is 0 Å². The van der Waals surface area contributed by atoms with Crippen molar-refractivity contribution in [2.45, 2.75) is 337 Å². The molecule has 65 heavy (non-hydrogen) atoms. The van der Waals surface area contributed by atoms with Gasteiger partial charge in [-0.1, -0.05) is 248 Å². The highest BCUT2D eigenvalue weighted by Crippen LogP contribution is 2.68. The molecule has 0 radical (unpaired) electrons. The van der Waals surface area contributed by atoms with Crippen LogP contribution in [0.1, 0.15) is 331 Å². The van der Waals surface area contributed by atoms with Gasteiger partial charge in [0.1, 0.15) is 0 Å². The van der Waals surface area contributed by atoms with Crippen LogP contribution in [0, 0.1) is 52.3 Å². The van der Waals surface area contributed by atoms with Gasteiger partial charge in [-0.25, -0.2) is 0 Å². The topological polar surface area (TPSA) is 0 Å². The second-order valence-electron chi connectivity index (χ2n) is 26.1. The van der Waals surface area contributed by atoms with Crippen molar-refractivity contribution in [2.24, 2.45) is 52.3 Å². The smallest absolute Gasteiger partial charge is 0.0891 e. The molecule has 1 unspecified atom stereocenters. The van der Waals surface area contributed by atoms with E-state index in [-0.39, 0.29) is 0 Å². The molecule has 0 saturated heterocycles. The number of nitrogens with zero attached hydrogens (tertiary/aromatic N) is 1. The van der Waals surface area contributed by atoms with Crippen LogP contribution in [0.3, 0.4) is 0 Å². The summed E-state index contributed by atoms with van der Waals surface area (Å²) in [5, 5.41) is 0. The van der Waals surface area contributed by atoms with Gasteiger partial charge in [-0.15, -0.1) is 0 Å². The zero-order valence-electron chi connectivity index (χ0n) is 46.6. The van der Waals surface area contributed by atoms with Gasteiger partial charge < -0.3 is 4.48 Å². The Hall–Kier alpha value is -0.0400. The summed E-state index contributed by atoms with van der Waals surface area (Å²) in [5.74, 6) is 6.87. The molecule has 4 aliphatic carbocycles. The fourth-order valence-corrected chi connectivity index (χ4v) is 16.3.